The SMILES string of the molecule is CCCC(N)C1(C)CC1. The minimum Gasteiger partial charge on any atom is -0.327 e. The molecule has 0 aromatic carbocycles. The van der Waals surface area contributed by atoms with Gasteiger partial charge in [0.2, 0.25) is 0 Å². The quantitative estimate of drug-likeness (QED) is 0.615. The van der Waals surface area contributed by atoms with Gasteiger partial charge in [0, 0.05) is 6.04 Å². The van der Waals surface area contributed by atoms with Crippen LogP contribution in [0.15, 0.2) is 0 Å². The van der Waals surface area contributed by atoms with Gasteiger partial charge in [-0.3, -0.25) is 0 Å². The third kappa shape index (κ3) is 1.45. The minimum absolute atomic E-state index is 0.475. The Bertz CT molecular complexity index is 94.7. The van der Waals surface area contributed by atoms with Crippen LogP contribution in [0.2, 0.25) is 0 Å². The number of rotatable bonds is 3. The van der Waals surface area contributed by atoms with E-state index in [1.54, 1.807) is 0 Å². The maximum Gasteiger partial charge on any atom is 0.00928 e. The van der Waals surface area contributed by atoms with Crippen LogP contribution in [0.1, 0.15) is 39.5 Å². The van der Waals surface area contributed by atoms with Gasteiger partial charge in [-0.25, -0.2) is 0 Å². The molecule has 0 aliphatic heterocycles. The van der Waals surface area contributed by atoms with E-state index in [-0.39, 0.29) is 0 Å². The highest BCUT2D eigenvalue weighted by Gasteiger charge is 2.42. The zero-order valence-electron chi connectivity index (χ0n) is 6.48. The highest BCUT2D eigenvalue weighted by molar-refractivity contribution is 4.96. The summed E-state index contributed by atoms with van der Waals surface area (Å²) in [6, 6.07) is 0.475. The molecule has 54 valence electrons. The van der Waals surface area contributed by atoms with Crippen molar-refractivity contribution in [3.8, 4) is 0 Å². The van der Waals surface area contributed by atoms with E-state index in [1.165, 1.54) is 25.7 Å². The van der Waals surface area contributed by atoms with Crippen LogP contribution < -0.4 is 5.73 Å². The normalized spacial score (nSPS) is 25.7. The van der Waals surface area contributed by atoms with E-state index in [0.29, 0.717) is 11.5 Å². The van der Waals surface area contributed by atoms with Gasteiger partial charge < -0.3 is 5.73 Å². The standard InChI is InChI=1S/C8H17N/c1-3-4-7(9)8(2)5-6-8/h7H,3-6,9H2,1-2H3. The van der Waals surface area contributed by atoms with Crippen LogP contribution in [-0.4, -0.2) is 6.04 Å². The molecule has 9 heavy (non-hydrogen) atoms. The molecular weight excluding hydrogens is 110 g/mol. The van der Waals surface area contributed by atoms with Crippen LogP contribution in [-0.2, 0) is 0 Å². The van der Waals surface area contributed by atoms with Gasteiger partial charge in [-0.1, -0.05) is 20.3 Å². The van der Waals surface area contributed by atoms with Gasteiger partial charge in [0.05, 0.1) is 0 Å². The molecule has 1 heteroatoms. The molecule has 0 spiro atoms. The molecule has 1 atom stereocenters. The highest BCUT2D eigenvalue weighted by Crippen LogP contribution is 2.48. The summed E-state index contributed by atoms with van der Waals surface area (Å²) in [7, 11) is 0. The maximum absolute atomic E-state index is 5.92. The van der Waals surface area contributed by atoms with E-state index in [9.17, 15) is 0 Å². The van der Waals surface area contributed by atoms with Crippen molar-refractivity contribution >= 4 is 0 Å². The zero-order chi connectivity index (χ0) is 6.91. The zero-order valence-corrected chi connectivity index (χ0v) is 6.48. The second-order valence-electron chi connectivity index (χ2n) is 3.55. The van der Waals surface area contributed by atoms with E-state index < -0.39 is 0 Å². The van der Waals surface area contributed by atoms with Crippen molar-refractivity contribution in [1.29, 1.82) is 0 Å². The third-order valence-corrected chi connectivity index (χ3v) is 2.53. The summed E-state index contributed by atoms with van der Waals surface area (Å²) in [4.78, 5) is 0. The maximum atomic E-state index is 5.92. The highest BCUT2D eigenvalue weighted by atomic mass is 14.7. The van der Waals surface area contributed by atoms with Crippen LogP contribution in [0.3, 0.4) is 0 Å². The lowest BCUT2D eigenvalue weighted by Crippen LogP contribution is -2.28. The van der Waals surface area contributed by atoms with Gasteiger partial charge in [0.15, 0.2) is 0 Å². The Morgan fingerprint density at radius 1 is 1.56 bits per heavy atom. The van der Waals surface area contributed by atoms with Crippen molar-refractivity contribution in [2.75, 3.05) is 0 Å². The summed E-state index contributed by atoms with van der Waals surface area (Å²) in [6.07, 6.45) is 5.15. The second-order valence-corrected chi connectivity index (χ2v) is 3.55. The van der Waals surface area contributed by atoms with E-state index in [4.69, 9.17) is 5.73 Å². The lowest BCUT2D eigenvalue weighted by molar-refractivity contribution is 0.408. The van der Waals surface area contributed by atoms with Gasteiger partial charge in [-0.2, -0.15) is 0 Å². The molecular formula is C8H17N. The lowest BCUT2D eigenvalue weighted by atomic mass is 9.96. The first kappa shape index (κ1) is 7.07. The van der Waals surface area contributed by atoms with Crippen molar-refractivity contribution in [2.24, 2.45) is 11.1 Å². The van der Waals surface area contributed by atoms with Crippen molar-refractivity contribution in [1.82, 2.24) is 0 Å². The average Bonchev–Trinajstić information content (AvgIpc) is 2.50. The molecule has 0 amide bonds. The first-order chi connectivity index (χ1) is 4.19. The van der Waals surface area contributed by atoms with Crippen molar-refractivity contribution in [3.63, 3.8) is 0 Å². The summed E-state index contributed by atoms with van der Waals surface area (Å²) >= 11 is 0. The Morgan fingerprint density at radius 3 is 2.44 bits per heavy atom. The lowest BCUT2D eigenvalue weighted by Gasteiger charge is -2.16. The van der Waals surface area contributed by atoms with Crippen molar-refractivity contribution in [2.45, 2.75) is 45.6 Å². The fraction of sp³-hybridized carbons (Fsp3) is 1.00. The summed E-state index contributed by atoms with van der Waals surface area (Å²) in [5.74, 6) is 0. The van der Waals surface area contributed by atoms with Gasteiger partial charge in [-0.15, -0.1) is 0 Å². The molecule has 1 aliphatic rings. The third-order valence-electron chi connectivity index (χ3n) is 2.53. The van der Waals surface area contributed by atoms with E-state index in [1.807, 2.05) is 0 Å². The Balaban J connectivity index is 2.24. The molecule has 1 unspecified atom stereocenters. The largest absolute Gasteiger partial charge is 0.327 e. The average molecular weight is 127 g/mol. The smallest absolute Gasteiger partial charge is 0.00928 e. The summed E-state index contributed by atoms with van der Waals surface area (Å²) in [5, 5.41) is 0. The van der Waals surface area contributed by atoms with E-state index in [2.05, 4.69) is 13.8 Å². The number of hydrogen-bond donors (Lipinski definition) is 1. The summed E-state index contributed by atoms with van der Waals surface area (Å²) < 4.78 is 0. The predicted octanol–water partition coefficient (Wildman–Crippen LogP) is 1.91. The molecule has 0 saturated heterocycles. The van der Waals surface area contributed by atoms with Crippen LogP contribution in [0, 0.1) is 5.41 Å². The fourth-order valence-electron chi connectivity index (χ4n) is 1.23. The fourth-order valence-corrected chi connectivity index (χ4v) is 1.23. The molecule has 0 bridgehead atoms. The Labute approximate surface area is 57.6 Å². The van der Waals surface area contributed by atoms with Crippen molar-refractivity contribution in [3.05, 3.63) is 0 Å². The number of hydrogen-bond acceptors (Lipinski definition) is 1. The molecule has 0 aromatic heterocycles. The second kappa shape index (κ2) is 2.30. The molecule has 1 rings (SSSR count). The topological polar surface area (TPSA) is 26.0 Å². The number of nitrogens with two attached hydrogens (primary N) is 1. The monoisotopic (exact) mass is 127 g/mol. The molecule has 1 fully saturated rings. The molecule has 1 aliphatic carbocycles. The van der Waals surface area contributed by atoms with E-state index in [0.717, 1.165) is 0 Å². The van der Waals surface area contributed by atoms with Gasteiger partial charge >= 0.3 is 0 Å². The van der Waals surface area contributed by atoms with Gasteiger partial charge in [0.1, 0.15) is 0 Å². The Hall–Kier alpha value is -0.0400. The first-order valence-corrected chi connectivity index (χ1v) is 3.94. The van der Waals surface area contributed by atoms with Crippen LogP contribution in [0.4, 0.5) is 0 Å². The first-order valence-electron chi connectivity index (χ1n) is 3.94. The molecule has 1 saturated carbocycles. The Morgan fingerprint density at radius 2 is 2.11 bits per heavy atom. The van der Waals surface area contributed by atoms with Gasteiger partial charge in [-0.05, 0) is 24.7 Å². The predicted molar refractivity (Wildman–Crippen MR) is 40.2 cm³/mol. The molecule has 1 nitrogen and oxygen atoms in total. The summed E-state index contributed by atoms with van der Waals surface area (Å²) in [5.41, 5.74) is 6.46. The van der Waals surface area contributed by atoms with Crippen LogP contribution in [0.5, 0.6) is 0 Å². The van der Waals surface area contributed by atoms with Crippen LogP contribution in [0.25, 0.3) is 0 Å². The van der Waals surface area contributed by atoms with Crippen LogP contribution >= 0.6 is 0 Å². The molecule has 0 aromatic rings. The van der Waals surface area contributed by atoms with E-state index >= 15 is 0 Å². The van der Waals surface area contributed by atoms with Gasteiger partial charge in [0.25, 0.3) is 0 Å². The minimum atomic E-state index is 0.475. The Kier molecular flexibility index (Phi) is 1.80. The summed E-state index contributed by atoms with van der Waals surface area (Å²) in [6.45, 7) is 4.50. The molecule has 2 N–H and O–H groups in total. The molecule has 0 radical (unpaired) electrons. The molecule has 0 heterocycles. The van der Waals surface area contributed by atoms with Crippen molar-refractivity contribution < 1.29 is 0 Å².